The number of carbonyl (C=O) groups excluding carboxylic acids is 2. The quantitative estimate of drug-likeness (QED) is 0.380. The first-order chi connectivity index (χ1) is 16.7. The highest BCUT2D eigenvalue weighted by molar-refractivity contribution is 6.13. The van der Waals surface area contributed by atoms with E-state index < -0.39 is 0 Å². The van der Waals surface area contributed by atoms with Gasteiger partial charge in [0.1, 0.15) is 0 Å². The van der Waals surface area contributed by atoms with Gasteiger partial charge in [0.2, 0.25) is 0 Å². The number of nitrogens with zero attached hydrogens (tertiary/aromatic N) is 3. The third-order valence-corrected chi connectivity index (χ3v) is 5.88. The van der Waals surface area contributed by atoms with Crippen molar-refractivity contribution in [2.24, 2.45) is 0 Å². The molecule has 2 amide bonds. The summed E-state index contributed by atoms with van der Waals surface area (Å²) < 4.78 is 1.83. The third-order valence-electron chi connectivity index (χ3n) is 5.88. The van der Waals surface area contributed by atoms with Crippen LogP contribution in [0.1, 0.15) is 65.6 Å². The highest BCUT2D eigenvalue weighted by Gasteiger charge is 2.20. The maximum atomic E-state index is 13.5. The molecular weight excluding hydrogens is 438 g/mol. The number of anilines is 1. The van der Waals surface area contributed by atoms with Gasteiger partial charge in [0, 0.05) is 28.9 Å². The van der Waals surface area contributed by atoms with Gasteiger partial charge in [-0.15, -0.1) is 0 Å². The van der Waals surface area contributed by atoms with Crippen LogP contribution in [0.4, 0.5) is 5.69 Å². The predicted octanol–water partition coefficient (Wildman–Crippen LogP) is 5.69. The fourth-order valence-electron chi connectivity index (χ4n) is 4.06. The molecule has 0 aliphatic carbocycles. The predicted molar refractivity (Wildman–Crippen MR) is 140 cm³/mol. The van der Waals surface area contributed by atoms with Crippen molar-refractivity contribution >= 4 is 28.5 Å². The number of aromatic nitrogens is 3. The largest absolute Gasteiger partial charge is 0.350 e. The molecule has 0 saturated heterocycles. The third kappa shape index (κ3) is 4.94. The molecule has 2 aromatic heterocycles. The number of amides is 2. The van der Waals surface area contributed by atoms with E-state index in [0.717, 1.165) is 16.7 Å². The topological polar surface area (TPSA) is 88.9 Å². The first-order valence-corrected chi connectivity index (χ1v) is 11.8. The van der Waals surface area contributed by atoms with E-state index in [9.17, 15) is 9.59 Å². The van der Waals surface area contributed by atoms with Crippen molar-refractivity contribution in [2.75, 3.05) is 5.32 Å². The number of hydrogen-bond acceptors (Lipinski definition) is 4. The molecule has 4 aromatic rings. The Morgan fingerprint density at radius 2 is 1.63 bits per heavy atom. The van der Waals surface area contributed by atoms with Crippen LogP contribution in [-0.4, -0.2) is 32.6 Å². The lowest BCUT2D eigenvalue weighted by atomic mass is 10.0. The van der Waals surface area contributed by atoms with Crippen molar-refractivity contribution in [1.82, 2.24) is 20.1 Å². The van der Waals surface area contributed by atoms with Crippen LogP contribution in [0.25, 0.3) is 22.3 Å². The molecule has 4 rings (SSSR count). The van der Waals surface area contributed by atoms with Gasteiger partial charge in [-0.1, -0.05) is 30.3 Å². The lowest BCUT2D eigenvalue weighted by molar-refractivity contribution is 0.0941. The number of rotatable bonds is 6. The molecule has 7 heteroatoms. The molecule has 0 atom stereocenters. The Bertz CT molecular complexity index is 1420. The summed E-state index contributed by atoms with van der Waals surface area (Å²) >= 11 is 0. The monoisotopic (exact) mass is 469 g/mol. The summed E-state index contributed by atoms with van der Waals surface area (Å²) in [4.78, 5) is 31.0. The molecule has 0 saturated carbocycles. The zero-order valence-corrected chi connectivity index (χ0v) is 21.0. The summed E-state index contributed by atoms with van der Waals surface area (Å²) in [6.45, 7) is 11.8. The van der Waals surface area contributed by atoms with Gasteiger partial charge in [0.05, 0.1) is 22.8 Å². The number of hydrogen-bond donors (Lipinski definition) is 2. The number of fused-ring (bicyclic) bond motifs is 1. The molecule has 0 aliphatic heterocycles. The Kier molecular flexibility index (Phi) is 6.69. The van der Waals surface area contributed by atoms with Gasteiger partial charge in [0.25, 0.3) is 11.8 Å². The molecule has 0 unspecified atom stereocenters. The average molecular weight is 470 g/mol. The summed E-state index contributed by atoms with van der Waals surface area (Å²) in [6, 6.07) is 15.2. The lowest BCUT2D eigenvalue weighted by Crippen LogP contribution is -2.30. The number of pyridine rings is 1. The number of carbonyl (C=O) groups is 2. The van der Waals surface area contributed by atoms with E-state index in [-0.39, 0.29) is 23.9 Å². The molecule has 0 bridgehead atoms. The Balaban J connectivity index is 1.78. The first kappa shape index (κ1) is 24.1. The zero-order chi connectivity index (χ0) is 25.3. The van der Waals surface area contributed by atoms with E-state index in [1.54, 1.807) is 18.3 Å². The van der Waals surface area contributed by atoms with Crippen LogP contribution < -0.4 is 10.6 Å². The maximum Gasteiger partial charge on any atom is 0.256 e. The highest BCUT2D eigenvalue weighted by Crippen LogP contribution is 2.29. The summed E-state index contributed by atoms with van der Waals surface area (Å²) in [7, 11) is 0. The Hall–Kier alpha value is -4.00. The van der Waals surface area contributed by atoms with E-state index in [4.69, 9.17) is 4.98 Å². The van der Waals surface area contributed by atoms with Gasteiger partial charge in [-0.3, -0.25) is 9.59 Å². The van der Waals surface area contributed by atoms with Crippen molar-refractivity contribution in [2.45, 2.75) is 53.6 Å². The molecule has 180 valence electrons. The van der Waals surface area contributed by atoms with Gasteiger partial charge in [-0.25, -0.2) is 9.67 Å². The van der Waals surface area contributed by atoms with Crippen molar-refractivity contribution in [3.63, 3.8) is 0 Å². The van der Waals surface area contributed by atoms with Gasteiger partial charge >= 0.3 is 0 Å². The zero-order valence-electron chi connectivity index (χ0n) is 21.0. The van der Waals surface area contributed by atoms with E-state index >= 15 is 0 Å². The second-order valence-corrected chi connectivity index (χ2v) is 9.40. The van der Waals surface area contributed by atoms with E-state index in [1.807, 2.05) is 82.6 Å². The molecule has 7 nitrogen and oxygen atoms in total. The minimum atomic E-state index is -0.283. The molecule has 2 aromatic carbocycles. The molecule has 0 fully saturated rings. The van der Waals surface area contributed by atoms with E-state index in [0.29, 0.717) is 33.5 Å². The SMILES string of the molecule is Cc1ccc(NC(=O)c2cc(-c3ccccc3C)nc3c2cnn3C(C)C)cc1C(=O)NC(C)C. The summed E-state index contributed by atoms with van der Waals surface area (Å²) in [6.07, 6.45) is 1.69. The smallest absolute Gasteiger partial charge is 0.256 e. The van der Waals surface area contributed by atoms with Crippen LogP contribution in [0.5, 0.6) is 0 Å². The summed E-state index contributed by atoms with van der Waals surface area (Å²) in [5, 5.41) is 11.1. The maximum absolute atomic E-state index is 13.5. The molecule has 0 spiro atoms. The fourth-order valence-corrected chi connectivity index (χ4v) is 4.06. The van der Waals surface area contributed by atoms with Crippen molar-refractivity contribution in [3.05, 3.63) is 77.0 Å². The summed E-state index contributed by atoms with van der Waals surface area (Å²) in [5.41, 5.74) is 5.80. The van der Waals surface area contributed by atoms with Crippen LogP contribution in [0.3, 0.4) is 0 Å². The average Bonchev–Trinajstić information content (AvgIpc) is 3.24. The Morgan fingerprint density at radius 1 is 0.886 bits per heavy atom. The van der Waals surface area contributed by atoms with Crippen molar-refractivity contribution in [3.8, 4) is 11.3 Å². The number of aryl methyl sites for hydroxylation is 2. The number of benzene rings is 2. The first-order valence-electron chi connectivity index (χ1n) is 11.8. The van der Waals surface area contributed by atoms with Crippen LogP contribution in [0.15, 0.2) is 54.7 Å². The van der Waals surface area contributed by atoms with E-state index in [2.05, 4.69) is 15.7 Å². The Labute approximate surface area is 205 Å². The Morgan fingerprint density at radius 3 is 2.31 bits per heavy atom. The van der Waals surface area contributed by atoms with Crippen LogP contribution in [-0.2, 0) is 0 Å². The van der Waals surface area contributed by atoms with Crippen molar-refractivity contribution < 1.29 is 9.59 Å². The van der Waals surface area contributed by atoms with Crippen LogP contribution >= 0.6 is 0 Å². The second-order valence-electron chi connectivity index (χ2n) is 9.40. The lowest BCUT2D eigenvalue weighted by Gasteiger charge is -2.14. The minimum Gasteiger partial charge on any atom is -0.350 e. The van der Waals surface area contributed by atoms with Crippen LogP contribution in [0, 0.1) is 13.8 Å². The number of nitrogens with one attached hydrogen (secondary N) is 2. The van der Waals surface area contributed by atoms with E-state index in [1.165, 1.54) is 0 Å². The molecular formula is C28H31N5O2. The molecule has 0 radical (unpaired) electrons. The standard InChI is InChI=1S/C28H31N5O2/c1-16(2)30-27(34)22-13-20(12-11-19(22)6)31-28(35)23-14-25(21-10-8-7-9-18(21)5)32-26-24(23)15-29-33(26)17(3)4/h7-17H,1-6H3,(H,30,34)(H,31,35). The summed E-state index contributed by atoms with van der Waals surface area (Å²) in [5.74, 6) is -0.449. The van der Waals surface area contributed by atoms with Gasteiger partial charge in [-0.05, 0) is 70.9 Å². The fraction of sp³-hybridized carbons (Fsp3) is 0.286. The molecule has 0 aliphatic rings. The molecule has 2 N–H and O–H groups in total. The van der Waals surface area contributed by atoms with Crippen LogP contribution in [0.2, 0.25) is 0 Å². The normalized spacial score (nSPS) is 11.3. The second kappa shape index (κ2) is 9.70. The minimum absolute atomic E-state index is 0.0163. The van der Waals surface area contributed by atoms with Crippen molar-refractivity contribution in [1.29, 1.82) is 0 Å². The van der Waals surface area contributed by atoms with Gasteiger partial charge < -0.3 is 10.6 Å². The van der Waals surface area contributed by atoms with Gasteiger partial charge in [0.15, 0.2) is 5.65 Å². The highest BCUT2D eigenvalue weighted by atomic mass is 16.2. The molecule has 2 heterocycles. The van der Waals surface area contributed by atoms with Gasteiger partial charge in [-0.2, -0.15) is 5.10 Å². The molecule has 35 heavy (non-hydrogen) atoms.